The van der Waals surface area contributed by atoms with Gasteiger partial charge in [0.05, 0.1) is 19.1 Å². The van der Waals surface area contributed by atoms with Gasteiger partial charge < -0.3 is 19.5 Å². The molecule has 25 heavy (non-hydrogen) atoms. The Morgan fingerprint density at radius 2 is 2.28 bits per heavy atom. The Labute approximate surface area is 151 Å². The van der Waals surface area contributed by atoms with Crippen molar-refractivity contribution in [3.05, 3.63) is 47.0 Å². The van der Waals surface area contributed by atoms with Crippen molar-refractivity contribution in [2.75, 3.05) is 13.2 Å². The van der Waals surface area contributed by atoms with Crippen molar-refractivity contribution < 1.29 is 9.53 Å². The van der Waals surface area contributed by atoms with Crippen LogP contribution in [0.5, 0.6) is 5.75 Å². The van der Waals surface area contributed by atoms with Gasteiger partial charge in [0.25, 0.3) is 0 Å². The molecule has 4 rings (SSSR count). The van der Waals surface area contributed by atoms with Gasteiger partial charge in [0.15, 0.2) is 0 Å². The number of aryl methyl sites for hydroxylation is 1. The molecule has 0 radical (unpaired) electrons. The van der Waals surface area contributed by atoms with Crippen LogP contribution in [-0.4, -0.2) is 33.6 Å². The Hall–Kier alpha value is -2.21. The molecular formula is C18H21ClN4O2. The maximum Gasteiger partial charge on any atom is 0.318 e. The van der Waals surface area contributed by atoms with E-state index in [2.05, 4.69) is 10.3 Å². The molecule has 1 atom stereocenters. The van der Waals surface area contributed by atoms with Crippen molar-refractivity contribution in [3.8, 4) is 5.75 Å². The minimum Gasteiger partial charge on any atom is -0.491 e. The quantitative estimate of drug-likeness (QED) is 0.914. The number of carbonyl (C=O) groups is 1. The molecule has 2 aliphatic rings. The Bertz CT molecular complexity index is 787. The molecule has 7 heteroatoms. The zero-order valence-corrected chi connectivity index (χ0v) is 14.9. The van der Waals surface area contributed by atoms with Crippen LogP contribution in [0.25, 0.3) is 0 Å². The molecule has 2 amide bonds. The van der Waals surface area contributed by atoms with Crippen molar-refractivity contribution >= 4 is 17.6 Å². The van der Waals surface area contributed by atoms with Gasteiger partial charge in [-0.25, -0.2) is 9.78 Å². The lowest BCUT2D eigenvalue weighted by molar-refractivity contribution is 0.181. The fourth-order valence-corrected chi connectivity index (χ4v) is 3.45. The highest BCUT2D eigenvalue weighted by Gasteiger charge is 2.36. The van der Waals surface area contributed by atoms with Crippen molar-refractivity contribution in [1.82, 2.24) is 19.8 Å². The number of hydrogen-bond donors (Lipinski definition) is 1. The molecule has 1 saturated carbocycles. The molecule has 0 bridgehead atoms. The van der Waals surface area contributed by atoms with Crippen molar-refractivity contribution in [2.24, 2.45) is 13.0 Å². The second kappa shape index (κ2) is 6.59. The summed E-state index contributed by atoms with van der Waals surface area (Å²) >= 11 is 6.09. The summed E-state index contributed by atoms with van der Waals surface area (Å²) in [5, 5.41) is 3.83. The van der Waals surface area contributed by atoms with Crippen molar-refractivity contribution in [3.63, 3.8) is 0 Å². The van der Waals surface area contributed by atoms with Gasteiger partial charge in [0.2, 0.25) is 0 Å². The Morgan fingerprint density at radius 3 is 3.00 bits per heavy atom. The fourth-order valence-electron chi connectivity index (χ4n) is 3.26. The maximum absolute atomic E-state index is 12.9. The lowest BCUT2D eigenvalue weighted by Crippen LogP contribution is -2.43. The molecule has 1 fully saturated rings. The smallest absolute Gasteiger partial charge is 0.318 e. The highest BCUT2D eigenvalue weighted by Crippen LogP contribution is 2.40. The number of hydrogen-bond acceptors (Lipinski definition) is 3. The Kier molecular flexibility index (Phi) is 4.29. The maximum atomic E-state index is 12.9. The molecule has 0 saturated heterocycles. The van der Waals surface area contributed by atoms with Crippen LogP contribution in [0.2, 0.25) is 5.02 Å². The number of fused-ring (bicyclic) bond motifs is 1. The summed E-state index contributed by atoms with van der Waals surface area (Å²) in [4.78, 5) is 19.1. The molecule has 1 aliphatic heterocycles. The molecule has 1 aliphatic carbocycles. The zero-order valence-electron chi connectivity index (χ0n) is 14.1. The Balaban J connectivity index is 1.51. The van der Waals surface area contributed by atoms with Gasteiger partial charge in [-0.05, 0) is 37.0 Å². The van der Waals surface area contributed by atoms with E-state index in [0.29, 0.717) is 30.6 Å². The number of amides is 2. The molecule has 132 valence electrons. The molecule has 0 unspecified atom stereocenters. The minimum atomic E-state index is -0.0867. The minimum absolute atomic E-state index is 0.0458. The lowest BCUT2D eigenvalue weighted by Gasteiger charge is -2.25. The van der Waals surface area contributed by atoms with E-state index >= 15 is 0 Å². The average molecular weight is 361 g/mol. The van der Waals surface area contributed by atoms with Gasteiger partial charge in [0.1, 0.15) is 18.2 Å². The van der Waals surface area contributed by atoms with Crippen LogP contribution in [0.3, 0.4) is 0 Å². The largest absolute Gasteiger partial charge is 0.491 e. The number of carbonyl (C=O) groups excluding carboxylic acids is 1. The van der Waals surface area contributed by atoms with E-state index in [1.807, 2.05) is 29.9 Å². The summed E-state index contributed by atoms with van der Waals surface area (Å²) in [5.41, 5.74) is 0.931. The highest BCUT2D eigenvalue weighted by atomic mass is 35.5. The van der Waals surface area contributed by atoms with E-state index in [1.165, 1.54) is 0 Å². The zero-order chi connectivity index (χ0) is 17.4. The average Bonchev–Trinajstić information content (AvgIpc) is 3.37. The highest BCUT2D eigenvalue weighted by molar-refractivity contribution is 6.30. The van der Waals surface area contributed by atoms with Crippen LogP contribution >= 0.6 is 11.6 Å². The van der Waals surface area contributed by atoms with Crippen LogP contribution in [-0.2, 0) is 13.6 Å². The molecule has 2 heterocycles. The lowest BCUT2D eigenvalue weighted by atomic mass is 10.1. The van der Waals surface area contributed by atoms with E-state index in [0.717, 1.165) is 30.0 Å². The van der Waals surface area contributed by atoms with Gasteiger partial charge in [-0.2, -0.15) is 0 Å². The van der Waals surface area contributed by atoms with E-state index in [4.69, 9.17) is 16.3 Å². The number of halogens is 1. The molecular weight excluding hydrogens is 340 g/mol. The van der Waals surface area contributed by atoms with E-state index in [9.17, 15) is 4.79 Å². The Morgan fingerprint density at radius 1 is 1.44 bits per heavy atom. The van der Waals surface area contributed by atoms with Crippen LogP contribution < -0.4 is 10.1 Å². The summed E-state index contributed by atoms with van der Waals surface area (Å²) in [7, 11) is 1.96. The first-order valence-electron chi connectivity index (χ1n) is 8.55. The molecule has 0 spiro atoms. The van der Waals surface area contributed by atoms with Crippen molar-refractivity contribution in [2.45, 2.75) is 25.4 Å². The number of ether oxygens (including phenoxy) is 1. The number of benzene rings is 1. The predicted molar refractivity (Wildman–Crippen MR) is 94.6 cm³/mol. The molecule has 2 aromatic rings. The van der Waals surface area contributed by atoms with Crippen LogP contribution in [0.1, 0.15) is 30.3 Å². The van der Waals surface area contributed by atoms with Crippen LogP contribution in [0.15, 0.2) is 30.6 Å². The van der Waals surface area contributed by atoms with Gasteiger partial charge in [-0.1, -0.05) is 11.6 Å². The first kappa shape index (κ1) is 16.3. The molecule has 6 nitrogen and oxygen atoms in total. The van der Waals surface area contributed by atoms with Gasteiger partial charge in [-0.15, -0.1) is 0 Å². The standard InChI is InChI=1S/C18H21ClN4O2/c1-22-7-6-20-17(22)16(12-2-3-12)21-18(24)23-8-9-25-15-5-4-14(19)10-13(15)11-23/h4-7,10,12,16H,2-3,8-9,11H2,1H3,(H,21,24)/t16-/m0/s1. The first-order chi connectivity index (χ1) is 12.1. The van der Waals surface area contributed by atoms with Crippen molar-refractivity contribution in [1.29, 1.82) is 0 Å². The SMILES string of the molecule is Cn1ccnc1[C@@H](NC(=O)N1CCOc2ccc(Cl)cc2C1)C1CC1. The third-order valence-corrected chi connectivity index (χ3v) is 5.03. The molecule has 1 aromatic carbocycles. The molecule has 1 N–H and O–H groups in total. The molecule has 1 aromatic heterocycles. The summed E-state index contributed by atoms with van der Waals surface area (Å²) in [6.07, 6.45) is 5.93. The normalized spacial score (nSPS) is 18.1. The van der Waals surface area contributed by atoms with Gasteiger partial charge >= 0.3 is 6.03 Å². The number of rotatable bonds is 3. The number of nitrogens with zero attached hydrogens (tertiary/aromatic N) is 3. The van der Waals surface area contributed by atoms with Crippen LogP contribution in [0.4, 0.5) is 4.79 Å². The van der Waals surface area contributed by atoms with E-state index in [1.54, 1.807) is 17.2 Å². The summed E-state index contributed by atoms with van der Waals surface area (Å²) in [5.74, 6) is 2.17. The second-order valence-electron chi connectivity index (χ2n) is 6.68. The third kappa shape index (κ3) is 3.44. The monoisotopic (exact) mass is 360 g/mol. The van der Waals surface area contributed by atoms with Crippen LogP contribution in [0, 0.1) is 5.92 Å². The second-order valence-corrected chi connectivity index (χ2v) is 7.12. The number of urea groups is 1. The van der Waals surface area contributed by atoms with E-state index in [-0.39, 0.29) is 12.1 Å². The number of imidazole rings is 1. The van der Waals surface area contributed by atoms with E-state index < -0.39 is 0 Å². The number of nitrogens with one attached hydrogen (secondary N) is 1. The summed E-state index contributed by atoms with van der Waals surface area (Å²) < 4.78 is 7.72. The summed E-state index contributed by atoms with van der Waals surface area (Å²) in [6, 6.07) is 5.40. The predicted octanol–water partition coefficient (Wildman–Crippen LogP) is 3.13. The number of aromatic nitrogens is 2. The third-order valence-electron chi connectivity index (χ3n) is 4.80. The van der Waals surface area contributed by atoms with Gasteiger partial charge in [0, 0.05) is 30.0 Å². The first-order valence-corrected chi connectivity index (χ1v) is 8.93. The fraction of sp³-hybridized carbons (Fsp3) is 0.444. The van der Waals surface area contributed by atoms with Gasteiger partial charge in [-0.3, -0.25) is 0 Å². The topological polar surface area (TPSA) is 59.4 Å². The summed E-state index contributed by atoms with van der Waals surface area (Å²) in [6.45, 7) is 1.49.